The van der Waals surface area contributed by atoms with E-state index < -0.39 is 0 Å². The minimum atomic E-state index is -0.288. The normalized spacial score (nSPS) is 10.7. The fourth-order valence-electron chi connectivity index (χ4n) is 2.32. The van der Waals surface area contributed by atoms with Crippen LogP contribution in [-0.2, 0) is 22.6 Å². The molecule has 0 bridgehead atoms. The van der Waals surface area contributed by atoms with Gasteiger partial charge in [-0.25, -0.2) is 0 Å². The van der Waals surface area contributed by atoms with Gasteiger partial charge in [0.05, 0.1) is 19.8 Å². The van der Waals surface area contributed by atoms with Gasteiger partial charge in [-0.2, -0.15) is 0 Å². The molecule has 0 unspecified atom stereocenters. The Hall–Kier alpha value is -2.27. The molecule has 0 radical (unpaired) electrons. The van der Waals surface area contributed by atoms with Crippen molar-refractivity contribution in [1.82, 2.24) is 0 Å². The number of benzene rings is 2. The first-order valence-electron chi connectivity index (χ1n) is 7.10. The van der Waals surface area contributed by atoms with E-state index >= 15 is 0 Å². The molecule has 1 heterocycles. The van der Waals surface area contributed by atoms with Gasteiger partial charge in [-0.1, -0.05) is 28.1 Å². The van der Waals surface area contributed by atoms with Crippen LogP contribution in [0.25, 0.3) is 11.0 Å². The first-order chi connectivity index (χ1) is 11.2. The van der Waals surface area contributed by atoms with Crippen molar-refractivity contribution in [2.24, 2.45) is 0 Å². The van der Waals surface area contributed by atoms with Gasteiger partial charge in [-0.3, -0.25) is 4.79 Å². The standard InChI is InChI=1S/C18H15BrO4/c1-21-15-5-6-16-13(11-22-17(16)9-15)8-18(20)23-10-12-3-2-4-14(19)7-12/h2-7,9,11H,8,10H2,1H3. The summed E-state index contributed by atoms with van der Waals surface area (Å²) in [7, 11) is 1.60. The van der Waals surface area contributed by atoms with Gasteiger partial charge in [-0.15, -0.1) is 0 Å². The quantitative estimate of drug-likeness (QED) is 0.617. The summed E-state index contributed by atoms with van der Waals surface area (Å²) < 4.78 is 16.9. The maximum Gasteiger partial charge on any atom is 0.310 e. The molecule has 0 atom stereocenters. The van der Waals surface area contributed by atoms with Gasteiger partial charge in [0.25, 0.3) is 0 Å². The van der Waals surface area contributed by atoms with Gasteiger partial charge in [0.15, 0.2) is 0 Å². The van der Waals surface area contributed by atoms with E-state index in [-0.39, 0.29) is 19.0 Å². The van der Waals surface area contributed by atoms with Crippen LogP contribution in [0.15, 0.2) is 57.6 Å². The number of rotatable bonds is 5. The minimum Gasteiger partial charge on any atom is -0.497 e. The SMILES string of the molecule is COc1ccc2c(CC(=O)OCc3cccc(Br)c3)coc2c1. The van der Waals surface area contributed by atoms with Crippen molar-refractivity contribution in [2.45, 2.75) is 13.0 Å². The maximum atomic E-state index is 12.0. The van der Waals surface area contributed by atoms with Crippen LogP contribution >= 0.6 is 15.9 Å². The summed E-state index contributed by atoms with van der Waals surface area (Å²) in [6.07, 6.45) is 1.76. The molecule has 0 fully saturated rings. The maximum absolute atomic E-state index is 12.0. The highest BCUT2D eigenvalue weighted by atomic mass is 79.9. The van der Waals surface area contributed by atoms with Crippen molar-refractivity contribution in [3.63, 3.8) is 0 Å². The molecule has 2 aromatic carbocycles. The highest BCUT2D eigenvalue weighted by Gasteiger charge is 2.12. The Bertz CT molecular complexity index is 838. The molecule has 0 amide bonds. The van der Waals surface area contributed by atoms with Crippen LogP contribution in [0, 0.1) is 0 Å². The van der Waals surface area contributed by atoms with Crippen LogP contribution in [0.3, 0.4) is 0 Å². The number of carbonyl (C=O) groups is 1. The summed E-state index contributed by atoms with van der Waals surface area (Å²) in [6.45, 7) is 0.252. The Labute approximate surface area is 142 Å². The summed E-state index contributed by atoms with van der Waals surface area (Å²) in [6, 6.07) is 13.2. The predicted octanol–water partition coefficient (Wildman–Crippen LogP) is 4.49. The number of furan rings is 1. The Balaban J connectivity index is 1.66. The lowest BCUT2D eigenvalue weighted by atomic mass is 10.1. The number of ether oxygens (including phenoxy) is 2. The number of methoxy groups -OCH3 is 1. The first-order valence-corrected chi connectivity index (χ1v) is 7.89. The van der Waals surface area contributed by atoms with Crippen LogP contribution in [0.1, 0.15) is 11.1 Å². The van der Waals surface area contributed by atoms with Crippen molar-refractivity contribution in [2.75, 3.05) is 7.11 Å². The van der Waals surface area contributed by atoms with E-state index in [1.807, 2.05) is 36.4 Å². The van der Waals surface area contributed by atoms with Crippen LogP contribution in [-0.4, -0.2) is 13.1 Å². The van der Waals surface area contributed by atoms with E-state index in [1.54, 1.807) is 19.4 Å². The average molecular weight is 375 g/mol. The van der Waals surface area contributed by atoms with E-state index in [4.69, 9.17) is 13.9 Å². The summed E-state index contributed by atoms with van der Waals surface area (Å²) >= 11 is 3.39. The highest BCUT2D eigenvalue weighted by Crippen LogP contribution is 2.26. The molecular formula is C18H15BrO4. The molecule has 1 aromatic heterocycles. The van der Waals surface area contributed by atoms with E-state index in [2.05, 4.69) is 15.9 Å². The summed E-state index contributed by atoms with van der Waals surface area (Å²) in [4.78, 5) is 12.0. The van der Waals surface area contributed by atoms with Crippen molar-refractivity contribution in [3.8, 4) is 5.75 Å². The monoisotopic (exact) mass is 374 g/mol. The Morgan fingerprint density at radius 1 is 1.22 bits per heavy atom. The van der Waals surface area contributed by atoms with Gasteiger partial charge in [0, 0.05) is 21.5 Å². The van der Waals surface area contributed by atoms with E-state index in [1.165, 1.54) is 0 Å². The second-order valence-electron chi connectivity index (χ2n) is 5.09. The topological polar surface area (TPSA) is 48.7 Å². The Kier molecular flexibility index (Phi) is 4.67. The predicted molar refractivity (Wildman–Crippen MR) is 90.4 cm³/mol. The molecule has 118 valence electrons. The van der Waals surface area contributed by atoms with Crippen molar-refractivity contribution in [1.29, 1.82) is 0 Å². The zero-order valence-electron chi connectivity index (χ0n) is 12.5. The van der Waals surface area contributed by atoms with E-state index in [0.29, 0.717) is 5.58 Å². The number of halogens is 1. The molecule has 0 aliphatic carbocycles. The van der Waals surface area contributed by atoms with Gasteiger partial charge >= 0.3 is 5.97 Å². The van der Waals surface area contributed by atoms with Gasteiger partial charge in [0.2, 0.25) is 0 Å². The lowest BCUT2D eigenvalue weighted by molar-refractivity contribution is -0.144. The second kappa shape index (κ2) is 6.87. The minimum absolute atomic E-state index is 0.174. The van der Waals surface area contributed by atoms with Crippen LogP contribution in [0.4, 0.5) is 0 Å². The number of esters is 1. The third-order valence-corrected chi connectivity index (χ3v) is 3.98. The number of hydrogen-bond acceptors (Lipinski definition) is 4. The van der Waals surface area contributed by atoms with Gasteiger partial charge < -0.3 is 13.9 Å². The van der Waals surface area contributed by atoms with Gasteiger partial charge in [-0.05, 0) is 29.8 Å². The largest absolute Gasteiger partial charge is 0.497 e. The first kappa shape index (κ1) is 15.6. The molecule has 0 saturated heterocycles. The van der Waals surface area contributed by atoms with E-state index in [9.17, 15) is 4.79 Å². The van der Waals surface area contributed by atoms with Crippen molar-refractivity contribution in [3.05, 3.63) is 64.3 Å². The molecule has 3 rings (SSSR count). The molecule has 0 aliphatic rings. The van der Waals surface area contributed by atoms with E-state index in [0.717, 1.165) is 26.7 Å². The van der Waals surface area contributed by atoms with Crippen LogP contribution in [0.5, 0.6) is 5.75 Å². The Morgan fingerprint density at radius 2 is 2.09 bits per heavy atom. The lowest BCUT2D eigenvalue weighted by Gasteiger charge is -2.05. The molecule has 0 spiro atoms. The lowest BCUT2D eigenvalue weighted by Crippen LogP contribution is -2.07. The Morgan fingerprint density at radius 3 is 2.87 bits per heavy atom. The van der Waals surface area contributed by atoms with Gasteiger partial charge in [0.1, 0.15) is 17.9 Å². The molecule has 5 heteroatoms. The molecule has 0 N–H and O–H groups in total. The second-order valence-corrected chi connectivity index (χ2v) is 6.01. The molecule has 0 saturated carbocycles. The average Bonchev–Trinajstić information content (AvgIpc) is 2.95. The summed E-state index contributed by atoms with van der Waals surface area (Å²) in [5.74, 6) is 0.430. The fourth-order valence-corrected chi connectivity index (χ4v) is 2.77. The summed E-state index contributed by atoms with van der Waals surface area (Å²) in [5.41, 5.74) is 2.44. The molecule has 23 heavy (non-hydrogen) atoms. The third kappa shape index (κ3) is 3.74. The molecular weight excluding hydrogens is 360 g/mol. The molecule has 0 aliphatic heterocycles. The molecule has 3 aromatic rings. The van der Waals surface area contributed by atoms with Crippen molar-refractivity contribution < 1.29 is 18.7 Å². The number of fused-ring (bicyclic) bond motifs is 1. The number of carbonyl (C=O) groups excluding carboxylic acids is 1. The smallest absolute Gasteiger partial charge is 0.310 e. The zero-order valence-corrected chi connectivity index (χ0v) is 14.1. The summed E-state index contributed by atoms with van der Waals surface area (Å²) in [5, 5.41) is 0.894. The fraction of sp³-hybridized carbons (Fsp3) is 0.167. The van der Waals surface area contributed by atoms with Crippen molar-refractivity contribution >= 4 is 32.9 Å². The third-order valence-electron chi connectivity index (χ3n) is 3.49. The van der Waals surface area contributed by atoms with Crippen LogP contribution in [0.2, 0.25) is 0 Å². The number of hydrogen-bond donors (Lipinski definition) is 0. The zero-order chi connectivity index (χ0) is 16.2. The molecule has 4 nitrogen and oxygen atoms in total. The van der Waals surface area contributed by atoms with Crippen LogP contribution < -0.4 is 4.74 Å². The highest BCUT2D eigenvalue weighted by molar-refractivity contribution is 9.10.